The molecule has 0 unspecified atom stereocenters. The van der Waals surface area contributed by atoms with Crippen LogP contribution in [0.25, 0.3) is 11.1 Å². The molecule has 2 aromatic carbocycles. The van der Waals surface area contributed by atoms with E-state index in [4.69, 9.17) is 0 Å². The van der Waals surface area contributed by atoms with Crippen molar-refractivity contribution in [3.63, 3.8) is 0 Å². The van der Waals surface area contributed by atoms with Gasteiger partial charge in [0.25, 0.3) is 0 Å². The minimum atomic E-state index is -0.189. The fraction of sp³-hybridized carbons (Fsp3) is 0.200. The lowest BCUT2D eigenvalue weighted by molar-refractivity contribution is 0.628. The normalized spacial score (nSPS) is 10.8. The SMILES string of the molecule is CC(C)c1ccc(-c2cccc(F)c2)cc1. The predicted octanol–water partition coefficient (Wildman–Crippen LogP) is 4.62. The highest BCUT2D eigenvalue weighted by molar-refractivity contribution is 5.63. The van der Waals surface area contributed by atoms with Gasteiger partial charge in [-0.05, 0) is 34.7 Å². The molecule has 0 saturated carbocycles. The van der Waals surface area contributed by atoms with Gasteiger partial charge in [-0.3, -0.25) is 0 Å². The van der Waals surface area contributed by atoms with Crippen LogP contribution in [0, 0.1) is 5.82 Å². The molecule has 0 aliphatic heterocycles. The van der Waals surface area contributed by atoms with Crippen molar-refractivity contribution in [2.45, 2.75) is 19.8 Å². The fourth-order valence-electron chi connectivity index (χ4n) is 1.73. The smallest absolute Gasteiger partial charge is 0.123 e. The van der Waals surface area contributed by atoms with Crippen molar-refractivity contribution in [2.24, 2.45) is 0 Å². The average molecular weight is 214 g/mol. The van der Waals surface area contributed by atoms with Crippen molar-refractivity contribution in [1.82, 2.24) is 0 Å². The lowest BCUT2D eigenvalue weighted by atomic mass is 9.99. The van der Waals surface area contributed by atoms with Crippen LogP contribution in [0.15, 0.2) is 48.5 Å². The molecule has 82 valence electrons. The van der Waals surface area contributed by atoms with Gasteiger partial charge in [-0.1, -0.05) is 50.2 Å². The highest BCUT2D eigenvalue weighted by Crippen LogP contribution is 2.22. The summed E-state index contributed by atoms with van der Waals surface area (Å²) in [4.78, 5) is 0. The van der Waals surface area contributed by atoms with Gasteiger partial charge in [-0.25, -0.2) is 4.39 Å². The Morgan fingerprint density at radius 2 is 1.56 bits per heavy atom. The second-order valence-corrected chi connectivity index (χ2v) is 4.29. The second-order valence-electron chi connectivity index (χ2n) is 4.29. The summed E-state index contributed by atoms with van der Waals surface area (Å²) in [6.07, 6.45) is 0. The van der Waals surface area contributed by atoms with Crippen molar-refractivity contribution in [3.05, 3.63) is 59.9 Å². The molecule has 0 fully saturated rings. The van der Waals surface area contributed by atoms with E-state index in [9.17, 15) is 4.39 Å². The molecular weight excluding hydrogens is 199 g/mol. The van der Waals surface area contributed by atoms with E-state index in [-0.39, 0.29) is 5.82 Å². The summed E-state index contributed by atoms with van der Waals surface area (Å²) in [5.74, 6) is 0.340. The molecule has 1 heteroatoms. The van der Waals surface area contributed by atoms with Crippen molar-refractivity contribution in [1.29, 1.82) is 0 Å². The number of rotatable bonds is 2. The summed E-state index contributed by atoms with van der Waals surface area (Å²) in [5, 5.41) is 0. The molecule has 0 nitrogen and oxygen atoms in total. The molecule has 2 rings (SSSR count). The van der Waals surface area contributed by atoms with Crippen LogP contribution in [0.1, 0.15) is 25.3 Å². The molecule has 16 heavy (non-hydrogen) atoms. The van der Waals surface area contributed by atoms with Crippen LogP contribution in [0.4, 0.5) is 4.39 Å². The van der Waals surface area contributed by atoms with E-state index in [1.165, 1.54) is 11.6 Å². The molecule has 0 atom stereocenters. The third-order valence-corrected chi connectivity index (χ3v) is 2.74. The first-order valence-electron chi connectivity index (χ1n) is 5.53. The van der Waals surface area contributed by atoms with Gasteiger partial charge in [-0.15, -0.1) is 0 Å². The monoisotopic (exact) mass is 214 g/mol. The van der Waals surface area contributed by atoms with E-state index in [1.807, 2.05) is 18.2 Å². The Balaban J connectivity index is 2.35. The van der Waals surface area contributed by atoms with E-state index in [0.29, 0.717) is 5.92 Å². The van der Waals surface area contributed by atoms with Gasteiger partial charge >= 0.3 is 0 Å². The highest BCUT2D eigenvalue weighted by atomic mass is 19.1. The lowest BCUT2D eigenvalue weighted by Crippen LogP contribution is -1.87. The summed E-state index contributed by atoms with van der Waals surface area (Å²) < 4.78 is 13.1. The first-order chi connectivity index (χ1) is 7.66. The van der Waals surface area contributed by atoms with E-state index in [0.717, 1.165) is 11.1 Å². The zero-order valence-electron chi connectivity index (χ0n) is 9.57. The Morgan fingerprint density at radius 3 is 2.12 bits per heavy atom. The predicted molar refractivity (Wildman–Crippen MR) is 65.9 cm³/mol. The molecular formula is C15H15F. The van der Waals surface area contributed by atoms with Gasteiger partial charge in [-0.2, -0.15) is 0 Å². The van der Waals surface area contributed by atoms with Gasteiger partial charge in [0.05, 0.1) is 0 Å². The Morgan fingerprint density at radius 1 is 0.875 bits per heavy atom. The first-order valence-corrected chi connectivity index (χ1v) is 5.53. The Kier molecular flexibility index (Phi) is 3.04. The molecule has 2 aromatic rings. The summed E-state index contributed by atoms with van der Waals surface area (Å²) in [6, 6.07) is 15.0. The van der Waals surface area contributed by atoms with Gasteiger partial charge in [0, 0.05) is 0 Å². The molecule has 0 spiro atoms. The quantitative estimate of drug-likeness (QED) is 0.684. The minimum Gasteiger partial charge on any atom is -0.207 e. The topological polar surface area (TPSA) is 0 Å². The average Bonchev–Trinajstić information content (AvgIpc) is 2.29. The maximum Gasteiger partial charge on any atom is 0.123 e. The maximum absolute atomic E-state index is 13.1. The van der Waals surface area contributed by atoms with E-state index in [2.05, 4.69) is 26.0 Å². The number of hydrogen-bond acceptors (Lipinski definition) is 0. The van der Waals surface area contributed by atoms with Crippen molar-refractivity contribution in [3.8, 4) is 11.1 Å². The maximum atomic E-state index is 13.1. The number of halogens is 1. The van der Waals surface area contributed by atoms with E-state index in [1.54, 1.807) is 12.1 Å². The molecule has 0 amide bonds. The Labute approximate surface area is 95.7 Å². The van der Waals surface area contributed by atoms with Crippen LogP contribution in [0.2, 0.25) is 0 Å². The summed E-state index contributed by atoms with van der Waals surface area (Å²) in [7, 11) is 0. The van der Waals surface area contributed by atoms with Crippen molar-refractivity contribution >= 4 is 0 Å². The fourth-order valence-corrected chi connectivity index (χ4v) is 1.73. The summed E-state index contributed by atoms with van der Waals surface area (Å²) >= 11 is 0. The number of hydrogen-bond donors (Lipinski definition) is 0. The van der Waals surface area contributed by atoms with E-state index < -0.39 is 0 Å². The Hall–Kier alpha value is -1.63. The van der Waals surface area contributed by atoms with Gasteiger partial charge in [0.2, 0.25) is 0 Å². The molecule has 0 aliphatic carbocycles. The highest BCUT2D eigenvalue weighted by Gasteiger charge is 2.01. The lowest BCUT2D eigenvalue weighted by Gasteiger charge is -2.07. The zero-order chi connectivity index (χ0) is 11.5. The third-order valence-electron chi connectivity index (χ3n) is 2.74. The summed E-state index contributed by atoms with van der Waals surface area (Å²) in [5.41, 5.74) is 3.29. The van der Waals surface area contributed by atoms with Gasteiger partial charge < -0.3 is 0 Å². The summed E-state index contributed by atoms with van der Waals surface area (Å²) in [6.45, 7) is 4.33. The molecule has 0 radical (unpaired) electrons. The molecule has 0 bridgehead atoms. The van der Waals surface area contributed by atoms with E-state index >= 15 is 0 Å². The van der Waals surface area contributed by atoms with Gasteiger partial charge in [0.15, 0.2) is 0 Å². The van der Waals surface area contributed by atoms with Crippen LogP contribution in [0.5, 0.6) is 0 Å². The molecule has 0 heterocycles. The molecule has 0 aliphatic rings. The minimum absolute atomic E-state index is 0.189. The first kappa shape index (κ1) is 10.9. The van der Waals surface area contributed by atoms with Crippen molar-refractivity contribution < 1.29 is 4.39 Å². The van der Waals surface area contributed by atoms with Gasteiger partial charge in [0.1, 0.15) is 5.82 Å². The Bertz CT molecular complexity index is 469. The van der Waals surface area contributed by atoms with Crippen LogP contribution in [-0.2, 0) is 0 Å². The third kappa shape index (κ3) is 2.30. The van der Waals surface area contributed by atoms with Crippen LogP contribution in [0.3, 0.4) is 0 Å². The standard InChI is InChI=1S/C15H15F/c1-11(2)12-6-8-13(9-7-12)14-4-3-5-15(16)10-14/h3-11H,1-2H3. The van der Waals surface area contributed by atoms with Crippen LogP contribution >= 0.6 is 0 Å². The van der Waals surface area contributed by atoms with Crippen molar-refractivity contribution in [2.75, 3.05) is 0 Å². The second kappa shape index (κ2) is 4.48. The molecule has 0 N–H and O–H groups in total. The largest absolute Gasteiger partial charge is 0.207 e. The molecule has 0 aromatic heterocycles. The van der Waals surface area contributed by atoms with Crippen LogP contribution in [-0.4, -0.2) is 0 Å². The van der Waals surface area contributed by atoms with Crippen LogP contribution < -0.4 is 0 Å². The zero-order valence-corrected chi connectivity index (χ0v) is 9.57. The number of benzene rings is 2. The molecule has 0 saturated heterocycles.